The third-order valence-corrected chi connectivity index (χ3v) is 3.24. The zero-order valence-corrected chi connectivity index (χ0v) is 11.2. The fourth-order valence-corrected chi connectivity index (χ4v) is 2.42. The Morgan fingerprint density at radius 2 is 2.22 bits per heavy atom. The summed E-state index contributed by atoms with van der Waals surface area (Å²) in [6, 6.07) is 1.91. The molecule has 0 unspecified atom stereocenters. The van der Waals surface area contributed by atoms with E-state index in [-0.39, 0.29) is 0 Å². The number of imidazole rings is 1. The van der Waals surface area contributed by atoms with Gasteiger partial charge in [0.05, 0.1) is 17.9 Å². The highest BCUT2D eigenvalue weighted by Gasteiger charge is 2.14. The second-order valence-corrected chi connectivity index (χ2v) is 4.75. The highest BCUT2D eigenvalue weighted by atomic mass is 32.1. The summed E-state index contributed by atoms with van der Waals surface area (Å²) >= 11 is 5.34. The lowest BCUT2D eigenvalue weighted by Gasteiger charge is -2.01. The summed E-state index contributed by atoms with van der Waals surface area (Å²) in [7, 11) is 1.90. The molecule has 3 aromatic heterocycles. The Kier molecular flexibility index (Phi) is 2.37. The number of fused-ring (bicyclic) bond motifs is 1. The van der Waals surface area contributed by atoms with E-state index in [4.69, 9.17) is 16.7 Å². The maximum absolute atomic E-state index is 5.34. The van der Waals surface area contributed by atoms with E-state index >= 15 is 0 Å². The van der Waals surface area contributed by atoms with Crippen molar-refractivity contribution in [1.82, 2.24) is 24.5 Å². The van der Waals surface area contributed by atoms with Gasteiger partial charge in [-0.25, -0.2) is 0 Å². The van der Waals surface area contributed by atoms with Crippen LogP contribution in [0.4, 0.5) is 0 Å². The molecule has 0 amide bonds. The second-order valence-electron chi connectivity index (χ2n) is 4.36. The van der Waals surface area contributed by atoms with Gasteiger partial charge in [-0.05, 0) is 26.1 Å². The van der Waals surface area contributed by atoms with Crippen molar-refractivity contribution in [3.8, 4) is 0 Å². The highest BCUT2D eigenvalue weighted by molar-refractivity contribution is 7.71. The number of H-pyrrole nitrogens is 1. The van der Waals surface area contributed by atoms with Crippen LogP contribution in [0.3, 0.4) is 0 Å². The topological polar surface area (TPSA) is 64.6 Å². The molecule has 0 aliphatic carbocycles. The number of aromatic nitrogens is 5. The molecule has 0 radical (unpaired) electrons. The smallest absolute Gasteiger partial charge is 0.179 e. The number of hydrogen-bond donors (Lipinski definition) is 1. The fourth-order valence-electron chi connectivity index (χ4n) is 2.17. The Bertz CT molecular complexity index is 775. The molecule has 0 aliphatic rings. The first-order valence-electron chi connectivity index (χ1n) is 5.60. The molecule has 0 spiro atoms. The predicted molar refractivity (Wildman–Crippen MR) is 69.0 cm³/mol. The molecule has 18 heavy (non-hydrogen) atoms. The van der Waals surface area contributed by atoms with Crippen LogP contribution in [0.2, 0.25) is 0 Å². The van der Waals surface area contributed by atoms with Crippen molar-refractivity contribution in [1.29, 1.82) is 0 Å². The monoisotopic (exact) mass is 263 g/mol. The third kappa shape index (κ3) is 1.59. The molecule has 0 bridgehead atoms. The van der Waals surface area contributed by atoms with E-state index in [1.165, 1.54) is 0 Å². The van der Waals surface area contributed by atoms with Crippen LogP contribution in [0.15, 0.2) is 10.6 Å². The lowest BCUT2D eigenvalue weighted by atomic mass is 10.4. The van der Waals surface area contributed by atoms with Crippen molar-refractivity contribution in [3.63, 3.8) is 0 Å². The standard InChI is InChI=1S/C11H13N5OS/c1-6-4-8(17-14-6)5-16-10-9(12-11(16)18)7(2)13-15(10)3/h4H,5H2,1-3H3,(H,12,18). The fraction of sp³-hybridized carbons (Fsp3) is 0.364. The molecule has 6 nitrogen and oxygen atoms in total. The zero-order valence-electron chi connectivity index (χ0n) is 10.4. The Morgan fingerprint density at radius 3 is 2.89 bits per heavy atom. The molecule has 3 heterocycles. The molecule has 0 aromatic carbocycles. The molecule has 94 valence electrons. The van der Waals surface area contributed by atoms with Gasteiger partial charge in [0, 0.05) is 13.1 Å². The molecule has 0 saturated heterocycles. The van der Waals surface area contributed by atoms with E-state index in [9.17, 15) is 0 Å². The van der Waals surface area contributed by atoms with E-state index in [0.29, 0.717) is 11.3 Å². The minimum atomic E-state index is 0.554. The van der Waals surface area contributed by atoms with E-state index < -0.39 is 0 Å². The molecule has 0 saturated carbocycles. The van der Waals surface area contributed by atoms with Crippen LogP contribution in [-0.2, 0) is 13.6 Å². The molecule has 0 aliphatic heterocycles. The molecular weight excluding hydrogens is 250 g/mol. The number of aromatic amines is 1. The van der Waals surface area contributed by atoms with Gasteiger partial charge >= 0.3 is 0 Å². The van der Waals surface area contributed by atoms with Crippen LogP contribution < -0.4 is 0 Å². The average molecular weight is 263 g/mol. The van der Waals surface area contributed by atoms with Gasteiger partial charge in [-0.3, -0.25) is 9.25 Å². The highest BCUT2D eigenvalue weighted by Crippen LogP contribution is 2.18. The van der Waals surface area contributed by atoms with Gasteiger partial charge in [0.15, 0.2) is 16.2 Å². The van der Waals surface area contributed by atoms with Crippen LogP contribution >= 0.6 is 12.2 Å². The van der Waals surface area contributed by atoms with E-state index in [0.717, 1.165) is 28.3 Å². The molecule has 3 rings (SSSR count). The Labute approximate surface area is 108 Å². The second kappa shape index (κ2) is 3.81. The van der Waals surface area contributed by atoms with Gasteiger partial charge in [-0.2, -0.15) is 5.10 Å². The number of rotatable bonds is 2. The first kappa shape index (κ1) is 11.2. The predicted octanol–water partition coefficient (Wildman–Crippen LogP) is 2.09. The maximum atomic E-state index is 5.34. The van der Waals surface area contributed by atoms with Gasteiger partial charge < -0.3 is 9.51 Å². The van der Waals surface area contributed by atoms with Gasteiger partial charge in [-0.1, -0.05) is 5.16 Å². The summed E-state index contributed by atoms with van der Waals surface area (Å²) in [5, 5.41) is 8.25. The number of nitrogens with zero attached hydrogens (tertiary/aromatic N) is 4. The van der Waals surface area contributed by atoms with Crippen molar-refractivity contribution >= 4 is 23.4 Å². The number of nitrogens with one attached hydrogen (secondary N) is 1. The molecule has 3 aromatic rings. The third-order valence-electron chi connectivity index (χ3n) is 2.92. The molecule has 0 atom stereocenters. The van der Waals surface area contributed by atoms with Gasteiger partial charge in [-0.15, -0.1) is 0 Å². The van der Waals surface area contributed by atoms with Gasteiger partial charge in [0.1, 0.15) is 5.52 Å². The quantitative estimate of drug-likeness (QED) is 0.719. The van der Waals surface area contributed by atoms with E-state index in [1.54, 1.807) is 0 Å². The van der Waals surface area contributed by atoms with E-state index in [1.807, 2.05) is 36.2 Å². The summed E-state index contributed by atoms with van der Waals surface area (Å²) in [5.74, 6) is 0.781. The van der Waals surface area contributed by atoms with Gasteiger partial charge in [0.2, 0.25) is 0 Å². The van der Waals surface area contributed by atoms with Crippen LogP contribution in [0.25, 0.3) is 11.2 Å². The van der Waals surface area contributed by atoms with Crippen LogP contribution in [0, 0.1) is 18.6 Å². The van der Waals surface area contributed by atoms with Crippen LogP contribution in [-0.4, -0.2) is 24.5 Å². The first-order chi connectivity index (χ1) is 8.56. The van der Waals surface area contributed by atoms with Crippen molar-refractivity contribution < 1.29 is 4.52 Å². The Morgan fingerprint density at radius 1 is 1.44 bits per heavy atom. The molecular formula is C11H13N5OS. The summed E-state index contributed by atoms with van der Waals surface area (Å²) in [6.45, 7) is 4.41. The Hall–Kier alpha value is -1.89. The normalized spacial score (nSPS) is 11.5. The summed E-state index contributed by atoms with van der Waals surface area (Å²) < 4.78 is 9.67. The zero-order chi connectivity index (χ0) is 12.9. The first-order valence-corrected chi connectivity index (χ1v) is 6.01. The van der Waals surface area contributed by atoms with E-state index in [2.05, 4.69) is 15.2 Å². The van der Waals surface area contributed by atoms with Crippen LogP contribution in [0.5, 0.6) is 0 Å². The number of aryl methyl sites for hydroxylation is 3. The molecule has 1 N–H and O–H groups in total. The summed E-state index contributed by atoms with van der Waals surface area (Å²) in [6.07, 6.45) is 0. The van der Waals surface area contributed by atoms with Crippen molar-refractivity contribution in [2.24, 2.45) is 7.05 Å². The SMILES string of the molecule is Cc1cc(Cn2c(=S)[nH]c3c(C)nn(C)c32)on1. The molecule has 0 fully saturated rings. The van der Waals surface area contributed by atoms with Crippen molar-refractivity contribution in [3.05, 3.63) is 28.0 Å². The maximum Gasteiger partial charge on any atom is 0.179 e. The lowest BCUT2D eigenvalue weighted by Crippen LogP contribution is -2.03. The van der Waals surface area contributed by atoms with Crippen LogP contribution in [0.1, 0.15) is 17.1 Å². The largest absolute Gasteiger partial charge is 0.359 e. The minimum absolute atomic E-state index is 0.554. The lowest BCUT2D eigenvalue weighted by molar-refractivity contribution is 0.373. The number of hydrogen-bond acceptors (Lipinski definition) is 4. The minimum Gasteiger partial charge on any atom is -0.359 e. The molecule has 7 heteroatoms. The van der Waals surface area contributed by atoms with Gasteiger partial charge in [0.25, 0.3) is 0 Å². The Balaban J connectivity index is 2.16. The van der Waals surface area contributed by atoms with Crippen molar-refractivity contribution in [2.45, 2.75) is 20.4 Å². The van der Waals surface area contributed by atoms with Crippen molar-refractivity contribution in [2.75, 3.05) is 0 Å². The average Bonchev–Trinajstić information content (AvgIpc) is 2.91. The summed E-state index contributed by atoms with van der Waals surface area (Å²) in [5.41, 5.74) is 3.74. The summed E-state index contributed by atoms with van der Waals surface area (Å²) in [4.78, 5) is 3.18.